The first-order chi connectivity index (χ1) is 12.4. The topological polar surface area (TPSA) is 86.7 Å². The smallest absolute Gasteiger partial charge is 0.306 e. The van der Waals surface area contributed by atoms with Crippen LogP contribution in [0.15, 0.2) is 0 Å². The lowest BCUT2D eigenvalue weighted by Gasteiger charge is -2.25. The predicted octanol–water partition coefficient (Wildman–Crippen LogP) is 4.32. The Morgan fingerprint density at radius 3 is 1.67 bits per heavy atom. The summed E-state index contributed by atoms with van der Waals surface area (Å²) in [5.41, 5.74) is -2.07. The zero-order chi connectivity index (χ0) is 21.1. The van der Waals surface area contributed by atoms with Crippen LogP contribution in [0.5, 0.6) is 0 Å². The molecule has 0 aliphatic rings. The highest BCUT2D eigenvalue weighted by Crippen LogP contribution is 2.19. The van der Waals surface area contributed by atoms with E-state index in [0.717, 1.165) is 38.5 Å². The van der Waals surface area contributed by atoms with Gasteiger partial charge in [-0.3, -0.25) is 19.2 Å². The zero-order valence-electron chi connectivity index (χ0n) is 17.8. The summed E-state index contributed by atoms with van der Waals surface area (Å²) in [5.74, 6) is -0.975. The molecule has 0 radical (unpaired) electrons. The molecule has 0 heterocycles. The number of hydrogen-bond acceptors (Lipinski definition) is 6. The molecule has 27 heavy (non-hydrogen) atoms. The first-order valence-corrected chi connectivity index (χ1v) is 9.90. The number of rotatable bonds is 14. The van der Waals surface area contributed by atoms with Gasteiger partial charge >= 0.3 is 11.9 Å². The second-order valence-corrected chi connectivity index (χ2v) is 7.76. The van der Waals surface area contributed by atoms with E-state index >= 15 is 0 Å². The fourth-order valence-electron chi connectivity index (χ4n) is 2.67. The third-order valence-corrected chi connectivity index (χ3v) is 4.86. The maximum atomic E-state index is 12.0. The largest absolute Gasteiger partial charge is 0.452 e. The molecule has 6 heteroatoms. The molecule has 0 unspecified atom stereocenters. The average Bonchev–Trinajstić information content (AvgIpc) is 2.55. The van der Waals surface area contributed by atoms with Crippen LogP contribution in [0.1, 0.15) is 99.3 Å². The maximum absolute atomic E-state index is 12.0. The highest BCUT2D eigenvalue weighted by atomic mass is 16.6. The third kappa shape index (κ3) is 10.3. The summed E-state index contributed by atoms with van der Waals surface area (Å²) >= 11 is 0. The molecule has 6 nitrogen and oxygen atoms in total. The van der Waals surface area contributed by atoms with E-state index in [4.69, 9.17) is 9.47 Å². The highest BCUT2D eigenvalue weighted by molar-refractivity contribution is 5.88. The molecule has 0 aromatic rings. The second-order valence-electron chi connectivity index (χ2n) is 7.76. The molecule has 0 rings (SSSR count). The molecule has 0 aliphatic carbocycles. The predicted molar refractivity (Wildman–Crippen MR) is 103 cm³/mol. The van der Waals surface area contributed by atoms with Crippen LogP contribution in [0.2, 0.25) is 0 Å². The fourth-order valence-corrected chi connectivity index (χ4v) is 2.67. The third-order valence-electron chi connectivity index (χ3n) is 4.86. The Morgan fingerprint density at radius 2 is 1.22 bits per heavy atom. The van der Waals surface area contributed by atoms with Crippen molar-refractivity contribution in [3.8, 4) is 0 Å². The summed E-state index contributed by atoms with van der Waals surface area (Å²) in [6.07, 6.45) is 6.47. The van der Waals surface area contributed by atoms with Crippen molar-refractivity contribution in [2.75, 3.05) is 0 Å². The van der Waals surface area contributed by atoms with E-state index in [1.807, 2.05) is 6.92 Å². The molecule has 0 aromatic carbocycles. The number of carbonyl (C=O) groups excluding carboxylic acids is 4. The van der Waals surface area contributed by atoms with Crippen molar-refractivity contribution in [1.82, 2.24) is 0 Å². The molecule has 0 bridgehead atoms. The van der Waals surface area contributed by atoms with Crippen molar-refractivity contribution >= 4 is 23.5 Å². The molecule has 0 fully saturated rings. The van der Waals surface area contributed by atoms with E-state index in [2.05, 4.69) is 0 Å². The fraction of sp³-hybridized carbons (Fsp3) is 0.810. The van der Waals surface area contributed by atoms with Crippen LogP contribution in [0, 0.1) is 0 Å². The monoisotopic (exact) mass is 384 g/mol. The van der Waals surface area contributed by atoms with Crippen LogP contribution in [-0.2, 0) is 28.7 Å². The van der Waals surface area contributed by atoms with Gasteiger partial charge in [-0.1, -0.05) is 32.6 Å². The molecule has 0 spiro atoms. The lowest BCUT2D eigenvalue weighted by atomic mass is 9.97. The van der Waals surface area contributed by atoms with E-state index in [-0.39, 0.29) is 17.5 Å². The first kappa shape index (κ1) is 25.3. The van der Waals surface area contributed by atoms with Crippen molar-refractivity contribution in [1.29, 1.82) is 0 Å². The lowest BCUT2D eigenvalue weighted by molar-refractivity contribution is -0.165. The first-order valence-electron chi connectivity index (χ1n) is 9.90. The Kier molecular flexibility index (Phi) is 11.1. The highest BCUT2D eigenvalue weighted by Gasteiger charge is 2.32. The van der Waals surface area contributed by atoms with Gasteiger partial charge in [0.15, 0.2) is 22.8 Å². The maximum Gasteiger partial charge on any atom is 0.306 e. The van der Waals surface area contributed by atoms with Crippen LogP contribution in [-0.4, -0.2) is 34.7 Å². The van der Waals surface area contributed by atoms with Crippen LogP contribution >= 0.6 is 0 Å². The normalized spacial score (nSPS) is 13.6. The minimum atomic E-state index is -1.06. The van der Waals surface area contributed by atoms with Gasteiger partial charge in [-0.2, -0.15) is 0 Å². The standard InChI is InChI=1S/C21H36O6/c1-7-21(6,16(2)22)27-19(25)15-13-11-9-8-10-12-14-18(24)20(4,5)26-17(3)23/h7-15H2,1-6H3/t21-/m1/s1. The quantitative estimate of drug-likeness (QED) is 0.327. The summed E-state index contributed by atoms with van der Waals surface area (Å²) in [7, 11) is 0. The van der Waals surface area contributed by atoms with Gasteiger partial charge in [0, 0.05) is 19.8 Å². The SMILES string of the molecule is CC[C@@](C)(OC(=O)CCCCCCCCC(=O)C(C)(C)OC(C)=O)C(C)=O. The number of ketones is 2. The van der Waals surface area contributed by atoms with Crippen LogP contribution in [0.4, 0.5) is 0 Å². The molecule has 0 saturated carbocycles. The van der Waals surface area contributed by atoms with Crippen LogP contribution in [0.25, 0.3) is 0 Å². The molecule has 0 aromatic heterocycles. The van der Waals surface area contributed by atoms with E-state index in [1.54, 1.807) is 20.8 Å². The molecule has 0 amide bonds. The van der Waals surface area contributed by atoms with Gasteiger partial charge < -0.3 is 9.47 Å². The Balaban J connectivity index is 3.84. The van der Waals surface area contributed by atoms with E-state index in [1.165, 1.54) is 13.8 Å². The van der Waals surface area contributed by atoms with Crippen molar-refractivity contribution in [2.24, 2.45) is 0 Å². The Hall–Kier alpha value is -1.72. The molecular weight excluding hydrogens is 348 g/mol. The number of esters is 2. The van der Waals surface area contributed by atoms with Crippen molar-refractivity contribution in [3.05, 3.63) is 0 Å². The van der Waals surface area contributed by atoms with Gasteiger partial charge in [-0.15, -0.1) is 0 Å². The summed E-state index contributed by atoms with van der Waals surface area (Å²) in [6.45, 7) is 9.45. The van der Waals surface area contributed by atoms with Gasteiger partial charge in [0.2, 0.25) is 0 Å². The molecule has 0 saturated heterocycles. The minimum absolute atomic E-state index is 0.0649. The van der Waals surface area contributed by atoms with Crippen molar-refractivity contribution < 1.29 is 28.7 Å². The minimum Gasteiger partial charge on any atom is -0.452 e. The summed E-state index contributed by atoms with van der Waals surface area (Å²) in [5, 5.41) is 0. The summed E-state index contributed by atoms with van der Waals surface area (Å²) in [6, 6.07) is 0. The number of hydrogen-bond donors (Lipinski definition) is 0. The van der Waals surface area contributed by atoms with Crippen molar-refractivity contribution in [3.63, 3.8) is 0 Å². The van der Waals surface area contributed by atoms with Gasteiger partial charge in [-0.25, -0.2) is 0 Å². The zero-order valence-corrected chi connectivity index (χ0v) is 17.8. The van der Waals surface area contributed by atoms with Gasteiger partial charge in [0.1, 0.15) is 0 Å². The van der Waals surface area contributed by atoms with Crippen molar-refractivity contribution in [2.45, 2.75) is 111 Å². The molecule has 0 N–H and O–H groups in total. The van der Waals surface area contributed by atoms with E-state index in [9.17, 15) is 19.2 Å². The number of carbonyl (C=O) groups is 4. The van der Waals surface area contributed by atoms with E-state index < -0.39 is 17.2 Å². The summed E-state index contributed by atoms with van der Waals surface area (Å²) < 4.78 is 10.4. The van der Waals surface area contributed by atoms with Gasteiger partial charge in [-0.05, 0) is 47.0 Å². The molecule has 1 atom stereocenters. The number of unbranched alkanes of at least 4 members (excludes halogenated alkanes) is 5. The number of ether oxygens (including phenoxy) is 2. The number of Topliss-reactive ketones (excluding diaryl/α,β-unsaturated/α-hetero) is 2. The Bertz CT molecular complexity index is 523. The molecule has 156 valence electrons. The van der Waals surface area contributed by atoms with Crippen LogP contribution in [0.3, 0.4) is 0 Å². The van der Waals surface area contributed by atoms with E-state index in [0.29, 0.717) is 19.3 Å². The second kappa shape index (κ2) is 11.9. The molecule has 0 aliphatic heterocycles. The Labute approximate surface area is 163 Å². The Morgan fingerprint density at radius 1 is 0.741 bits per heavy atom. The van der Waals surface area contributed by atoms with Gasteiger partial charge in [0.25, 0.3) is 0 Å². The summed E-state index contributed by atoms with van der Waals surface area (Å²) in [4.78, 5) is 46.4. The van der Waals surface area contributed by atoms with Crippen LogP contribution < -0.4 is 0 Å². The average molecular weight is 385 g/mol. The molecular formula is C21H36O6. The van der Waals surface area contributed by atoms with Gasteiger partial charge in [0.05, 0.1) is 0 Å². The lowest BCUT2D eigenvalue weighted by Crippen LogP contribution is -2.38.